The third-order valence-corrected chi connectivity index (χ3v) is 6.84. The van der Waals surface area contributed by atoms with Crippen LogP contribution in [0, 0.1) is 24.7 Å². The van der Waals surface area contributed by atoms with Gasteiger partial charge in [-0.05, 0) is 44.0 Å². The molecular formula is C25H29N5O3S. The molecule has 8 nitrogen and oxygen atoms in total. The summed E-state index contributed by atoms with van der Waals surface area (Å²) >= 11 is 1.56. The van der Waals surface area contributed by atoms with Crippen LogP contribution in [0.1, 0.15) is 35.9 Å². The summed E-state index contributed by atoms with van der Waals surface area (Å²) in [5.41, 5.74) is 2.24. The minimum absolute atomic E-state index is 0.188. The van der Waals surface area contributed by atoms with Gasteiger partial charge >= 0.3 is 0 Å². The first kappa shape index (κ1) is 24.1. The number of anilines is 2. The molecule has 0 spiro atoms. The molecule has 178 valence electrons. The Morgan fingerprint density at radius 3 is 2.68 bits per heavy atom. The lowest BCUT2D eigenvalue weighted by molar-refractivity contribution is 0.00445. The van der Waals surface area contributed by atoms with E-state index in [1.165, 1.54) is 0 Å². The zero-order valence-electron chi connectivity index (χ0n) is 19.2. The van der Waals surface area contributed by atoms with Crippen LogP contribution >= 0.6 is 11.3 Å². The van der Waals surface area contributed by atoms with E-state index in [0.29, 0.717) is 29.4 Å². The summed E-state index contributed by atoms with van der Waals surface area (Å²) < 4.78 is 0. The lowest BCUT2D eigenvalue weighted by atomic mass is 10.1. The van der Waals surface area contributed by atoms with E-state index in [4.69, 9.17) is 0 Å². The number of nitrogens with one attached hydrogen (secondary N) is 2. The zero-order valence-corrected chi connectivity index (χ0v) is 20.0. The predicted molar refractivity (Wildman–Crippen MR) is 134 cm³/mol. The summed E-state index contributed by atoms with van der Waals surface area (Å²) in [7, 11) is 0. The fourth-order valence-corrected chi connectivity index (χ4v) is 4.78. The van der Waals surface area contributed by atoms with Crippen LogP contribution in [0.4, 0.5) is 11.8 Å². The first-order valence-electron chi connectivity index (χ1n) is 11.4. The number of rotatable bonds is 7. The normalized spacial score (nSPS) is 21.7. The van der Waals surface area contributed by atoms with Crippen LogP contribution in [-0.2, 0) is 0 Å². The van der Waals surface area contributed by atoms with E-state index in [1.807, 2.05) is 37.3 Å². The fraction of sp³-hybridized carbons (Fsp3) is 0.400. The molecule has 1 saturated carbocycles. The standard InChI is InChI=1S/C25H29N5O3S/c1-3-11-27-25-28-15(2)18(24(30-25)29-20-13-16(14-31)22(32)23(20)33)9-7-17-8-10-21(34-17)19-6-4-5-12-26-19/h4-6,8,10,12,16,20,22-23,31-33H,3,11,13-14H2,1-2H3,(H2,27,28,29,30)/t16-,20-,22-,23+/m1/s1. The van der Waals surface area contributed by atoms with Crippen LogP contribution in [0.3, 0.4) is 0 Å². The summed E-state index contributed by atoms with van der Waals surface area (Å²) in [4.78, 5) is 15.5. The van der Waals surface area contributed by atoms with Gasteiger partial charge in [0.25, 0.3) is 0 Å². The second-order valence-corrected chi connectivity index (χ2v) is 9.41. The lowest BCUT2D eigenvalue weighted by Gasteiger charge is -2.20. The predicted octanol–water partition coefficient (Wildman–Crippen LogP) is 2.64. The molecule has 0 aliphatic heterocycles. The van der Waals surface area contributed by atoms with E-state index in [2.05, 4.69) is 44.4 Å². The molecule has 0 amide bonds. The maximum absolute atomic E-state index is 10.5. The Hall–Kier alpha value is -3.03. The van der Waals surface area contributed by atoms with Crippen molar-refractivity contribution in [1.29, 1.82) is 0 Å². The average molecular weight is 480 g/mol. The van der Waals surface area contributed by atoms with Crippen LogP contribution in [0.25, 0.3) is 10.6 Å². The number of aliphatic hydroxyl groups is 3. The van der Waals surface area contributed by atoms with Crippen molar-refractivity contribution < 1.29 is 15.3 Å². The van der Waals surface area contributed by atoms with Crippen molar-refractivity contribution >= 4 is 23.1 Å². The molecule has 1 aliphatic carbocycles. The molecule has 3 aromatic rings. The van der Waals surface area contributed by atoms with Gasteiger partial charge in [-0.1, -0.05) is 24.8 Å². The van der Waals surface area contributed by atoms with Crippen LogP contribution in [0.2, 0.25) is 0 Å². The number of aliphatic hydroxyl groups excluding tert-OH is 3. The second kappa shape index (κ2) is 10.9. The van der Waals surface area contributed by atoms with Crippen LogP contribution in [0.15, 0.2) is 36.5 Å². The summed E-state index contributed by atoms with van der Waals surface area (Å²) in [6.45, 7) is 4.47. The second-order valence-electron chi connectivity index (χ2n) is 8.32. The topological polar surface area (TPSA) is 123 Å². The summed E-state index contributed by atoms with van der Waals surface area (Å²) in [6.07, 6.45) is 1.11. The molecule has 9 heteroatoms. The molecule has 0 aromatic carbocycles. The zero-order chi connectivity index (χ0) is 24.1. The van der Waals surface area contributed by atoms with E-state index in [0.717, 1.165) is 28.4 Å². The minimum atomic E-state index is -1.02. The smallest absolute Gasteiger partial charge is 0.224 e. The molecule has 3 aromatic heterocycles. The highest BCUT2D eigenvalue weighted by Gasteiger charge is 2.41. The molecule has 34 heavy (non-hydrogen) atoms. The first-order chi connectivity index (χ1) is 16.5. The van der Waals surface area contributed by atoms with Gasteiger partial charge in [0.1, 0.15) is 11.9 Å². The monoisotopic (exact) mass is 479 g/mol. The van der Waals surface area contributed by atoms with Gasteiger partial charge in [0.15, 0.2) is 0 Å². The van der Waals surface area contributed by atoms with Gasteiger partial charge in [-0.3, -0.25) is 4.98 Å². The Morgan fingerprint density at radius 1 is 1.12 bits per heavy atom. The molecule has 4 atom stereocenters. The number of nitrogens with zero attached hydrogens (tertiary/aromatic N) is 3. The SMILES string of the molecule is CCCNc1nc(C)c(C#Cc2ccc(-c3ccccn3)s2)c(N[C@@H]2C[C@H](CO)[C@@H](O)[C@H]2O)n1. The average Bonchev–Trinajstić information content (AvgIpc) is 3.43. The van der Waals surface area contributed by atoms with Gasteiger partial charge in [0.2, 0.25) is 5.95 Å². The maximum atomic E-state index is 10.5. The van der Waals surface area contributed by atoms with E-state index in [-0.39, 0.29) is 6.61 Å². The summed E-state index contributed by atoms with van der Waals surface area (Å²) in [5, 5.41) is 36.7. The van der Waals surface area contributed by atoms with Gasteiger partial charge < -0.3 is 26.0 Å². The van der Waals surface area contributed by atoms with Crippen molar-refractivity contribution in [2.24, 2.45) is 5.92 Å². The number of hydrogen-bond acceptors (Lipinski definition) is 9. The lowest BCUT2D eigenvalue weighted by Crippen LogP contribution is -2.36. The quantitative estimate of drug-likeness (QED) is 0.328. The van der Waals surface area contributed by atoms with E-state index < -0.39 is 24.2 Å². The van der Waals surface area contributed by atoms with Crippen molar-refractivity contribution in [2.75, 3.05) is 23.8 Å². The number of aryl methyl sites for hydroxylation is 1. The number of pyridine rings is 1. The van der Waals surface area contributed by atoms with Crippen molar-refractivity contribution in [1.82, 2.24) is 15.0 Å². The number of thiophene rings is 1. The third kappa shape index (κ3) is 5.37. The van der Waals surface area contributed by atoms with Crippen LogP contribution in [0.5, 0.6) is 0 Å². The van der Waals surface area contributed by atoms with Crippen LogP contribution < -0.4 is 10.6 Å². The first-order valence-corrected chi connectivity index (χ1v) is 12.2. The molecule has 0 unspecified atom stereocenters. The fourth-order valence-electron chi connectivity index (χ4n) is 3.94. The highest BCUT2D eigenvalue weighted by molar-refractivity contribution is 7.16. The molecule has 4 rings (SSSR count). The van der Waals surface area contributed by atoms with Crippen molar-refractivity contribution in [3.63, 3.8) is 0 Å². The summed E-state index contributed by atoms with van der Waals surface area (Å²) in [6, 6.07) is 9.31. The molecule has 5 N–H and O–H groups in total. The maximum Gasteiger partial charge on any atom is 0.224 e. The van der Waals surface area contributed by atoms with Gasteiger partial charge in [0.05, 0.1) is 38.9 Å². The number of aromatic nitrogens is 3. The Bertz CT molecular complexity index is 1170. The molecule has 1 fully saturated rings. The van der Waals surface area contributed by atoms with Gasteiger partial charge in [-0.15, -0.1) is 11.3 Å². The van der Waals surface area contributed by atoms with E-state index in [1.54, 1.807) is 17.5 Å². The Kier molecular flexibility index (Phi) is 7.75. The molecule has 1 aliphatic rings. The largest absolute Gasteiger partial charge is 0.396 e. The molecule has 0 radical (unpaired) electrons. The molecule has 3 heterocycles. The van der Waals surface area contributed by atoms with Gasteiger partial charge in [0, 0.05) is 25.3 Å². The van der Waals surface area contributed by atoms with Gasteiger partial charge in [-0.2, -0.15) is 4.98 Å². The molecule has 0 bridgehead atoms. The van der Waals surface area contributed by atoms with Gasteiger partial charge in [-0.25, -0.2) is 4.98 Å². The van der Waals surface area contributed by atoms with Crippen molar-refractivity contribution in [3.05, 3.63) is 52.7 Å². The molecular weight excluding hydrogens is 450 g/mol. The highest BCUT2D eigenvalue weighted by Crippen LogP contribution is 2.30. The summed E-state index contributed by atoms with van der Waals surface area (Å²) in [5.74, 6) is 7.00. The Labute approximate surface area is 203 Å². The third-order valence-electron chi connectivity index (χ3n) is 5.82. The van der Waals surface area contributed by atoms with Crippen molar-refractivity contribution in [3.8, 4) is 22.4 Å². The van der Waals surface area contributed by atoms with E-state index in [9.17, 15) is 15.3 Å². The van der Waals surface area contributed by atoms with Crippen LogP contribution in [-0.4, -0.2) is 61.7 Å². The number of hydrogen-bond donors (Lipinski definition) is 5. The Morgan fingerprint density at radius 2 is 1.97 bits per heavy atom. The Balaban J connectivity index is 1.64. The van der Waals surface area contributed by atoms with Crippen molar-refractivity contribution in [2.45, 2.75) is 44.9 Å². The van der Waals surface area contributed by atoms with E-state index >= 15 is 0 Å². The highest BCUT2D eigenvalue weighted by atomic mass is 32.1. The molecule has 0 saturated heterocycles. The minimum Gasteiger partial charge on any atom is -0.396 e.